The van der Waals surface area contributed by atoms with Crippen molar-refractivity contribution >= 4 is 11.6 Å². The van der Waals surface area contributed by atoms with E-state index in [2.05, 4.69) is 18.0 Å². The zero-order chi connectivity index (χ0) is 11.4. The Labute approximate surface area is 97.1 Å². The number of rotatable bonds is 4. The molecule has 1 N–H and O–H groups in total. The summed E-state index contributed by atoms with van der Waals surface area (Å²) in [5, 5.41) is 4.13. The van der Waals surface area contributed by atoms with Crippen LogP contribution in [0.3, 0.4) is 0 Å². The number of nitrogens with one attached hydrogen (secondary N) is 1. The second-order valence-electron chi connectivity index (χ2n) is 3.98. The van der Waals surface area contributed by atoms with Crippen molar-refractivity contribution in [3.05, 3.63) is 46.5 Å². The van der Waals surface area contributed by atoms with E-state index in [0.717, 1.165) is 28.1 Å². The van der Waals surface area contributed by atoms with Crippen LogP contribution in [0.5, 0.6) is 0 Å². The van der Waals surface area contributed by atoms with Crippen molar-refractivity contribution in [2.75, 3.05) is 7.05 Å². The minimum absolute atomic E-state index is 0.259. The monoisotopic (exact) mass is 223 g/mol. The maximum atomic E-state index is 6.28. The lowest BCUT2D eigenvalue weighted by Crippen LogP contribution is -2.17. The molecule has 1 aromatic carbocycles. The van der Waals surface area contributed by atoms with Crippen LogP contribution in [0.15, 0.2) is 30.4 Å². The van der Waals surface area contributed by atoms with Gasteiger partial charge in [-0.1, -0.05) is 35.4 Å². The largest absolute Gasteiger partial charge is 0.313 e. The minimum atomic E-state index is 0.259. The Morgan fingerprint density at radius 3 is 2.73 bits per heavy atom. The van der Waals surface area contributed by atoms with Crippen molar-refractivity contribution in [1.29, 1.82) is 0 Å². The lowest BCUT2D eigenvalue weighted by Gasteiger charge is -2.18. The molecule has 15 heavy (non-hydrogen) atoms. The number of benzene rings is 1. The molecule has 1 atom stereocenters. The van der Waals surface area contributed by atoms with Gasteiger partial charge in [0.25, 0.3) is 0 Å². The van der Waals surface area contributed by atoms with Gasteiger partial charge < -0.3 is 5.32 Å². The molecule has 1 nitrogen and oxygen atoms in total. The van der Waals surface area contributed by atoms with Crippen LogP contribution in [0.4, 0.5) is 0 Å². The van der Waals surface area contributed by atoms with Gasteiger partial charge in [-0.25, -0.2) is 0 Å². The molecule has 0 aliphatic heterocycles. The second-order valence-corrected chi connectivity index (χ2v) is 4.36. The van der Waals surface area contributed by atoms with Crippen LogP contribution in [0.2, 0.25) is 5.02 Å². The van der Waals surface area contributed by atoms with E-state index >= 15 is 0 Å². The van der Waals surface area contributed by atoms with Crippen molar-refractivity contribution in [3.8, 4) is 0 Å². The van der Waals surface area contributed by atoms with E-state index in [-0.39, 0.29) is 6.04 Å². The highest BCUT2D eigenvalue weighted by atomic mass is 35.5. The summed E-state index contributed by atoms with van der Waals surface area (Å²) in [6, 6.07) is 6.40. The fourth-order valence-corrected chi connectivity index (χ4v) is 1.91. The first-order chi connectivity index (χ1) is 7.06. The summed E-state index contributed by atoms with van der Waals surface area (Å²) < 4.78 is 0. The van der Waals surface area contributed by atoms with Crippen LogP contribution < -0.4 is 5.32 Å². The molecule has 0 spiro atoms. The van der Waals surface area contributed by atoms with Gasteiger partial charge in [-0.05, 0) is 38.4 Å². The van der Waals surface area contributed by atoms with Crippen molar-refractivity contribution in [1.82, 2.24) is 5.32 Å². The van der Waals surface area contributed by atoms with Crippen molar-refractivity contribution in [2.45, 2.75) is 26.3 Å². The van der Waals surface area contributed by atoms with Gasteiger partial charge in [-0.3, -0.25) is 0 Å². The van der Waals surface area contributed by atoms with Crippen LogP contribution in [-0.4, -0.2) is 7.05 Å². The Bertz CT molecular complexity index is 358. The third kappa shape index (κ3) is 3.08. The molecule has 82 valence electrons. The van der Waals surface area contributed by atoms with E-state index in [0.29, 0.717) is 0 Å². The topological polar surface area (TPSA) is 12.0 Å². The highest BCUT2D eigenvalue weighted by Gasteiger charge is 2.13. The molecular weight excluding hydrogens is 206 g/mol. The minimum Gasteiger partial charge on any atom is -0.313 e. The molecule has 0 aliphatic rings. The third-order valence-electron chi connectivity index (χ3n) is 2.50. The molecule has 0 saturated heterocycles. The van der Waals surface area contributed by atoms with Crippen molar-refractivity contribution in [2.24, 2.45) is 0 Å². The average molecular weight is 224 g/mol. The molecular formula is C13H18ClN. The van der Waals surface area contributed by atoms with Crippen molar-refractivity contribution in [3.63, 3.8) is 0 Å². The van der Waals surface area contributed by atoms with Gasteiger partial charge >= 0.3 is 0 Å². The van der Waals surface area contributed by atoms with E-state index in [1.165, 1.54) is 0 Å². The zero-order valence-electron chi connectivity index (χ0n) is 9.60. The average Bonchev–Trinajstić information content (AvgIpc) is 2.19. The summed E-state index contributed by atoms with van der Waals surface area (Å²) in [6.45, 7) is 8.00. The van der Waals surface area contributed by atoms with Gasteiger partial charge in [0.15, 0.2) is 0 Å². The Hall–Kier alpha value is -0.790. The molecule has 0 heterocycles. The first-order valence-electron chi connectivity index (χ1n) is 5.13. The molecule has 0 saturated carbocycles. The number of halogens is 1. The van der Waals surface area contributed by atoms with Crippen LogP contribution in [0, 0.1) is 6.92 Å². The van der Waals surface area contributed by atoms with E-state index < -0.39 is 0 Å². The highest BCUT2D eigenvalue weighted by Crippen LogP contribution is 2.29. The predicted octanol–water partition coefficient (Wildman–Crippen LogP) is 3.88. The molecule has 0 amide bonds. The van der Waals surface area contributed by atoms with Gasteiger partial charge in [0.05, 0.1) is 0 Å². The summed E-state index contributed by atoms with van der Waals surface area (Å²) >= 11 is 6.28. The van der Waals surface area contributed by atoms with E-state index in [4.69, 9.17) is 11.6 Å². The zero-order valence-corrected chi connectivity index (χ0v) is 10.4. The number of hydrogen-bond acceptors (Lipinski definition) is 1. The fourth-order valence-electron chi connectivity index (χ4n) is 1.66. The third-order valence-corrected chi connectivity index (χ3v) is 3.01. The molecule has 0 radical (unpaired) electrons. The Kier molecular flexibility index (Phi) is 4.37. The molecule has 1 rings (SSSR count). The van der Waals surface area contributed by atoms with E-state index in [9.17, 15) is 0 Å². The van der Waals surface area contributed by atoms with Crippen LogP contribution in [0.1, 0.15) is 30.5 Å². The lowest BCUT2D eigenvalue weighted by atomic mass is 9.99. The van der Waals surface area contributed by atoms with Gasteiger partial charge in [-0.15, -0.1) is 6.58 Å². The maximum Gasteiger partial charge on any atom is 0.0483 e. The van der Waals surface area contributed by atoms with Gasteiger partial charge in [0.2, 0.25) is 0 Å². The smallest absolute Gasteiger partial charge is 0.0483 e. The van der Waals surface area contributed by atoms with Gasteiger partial charge in [-0.2, -0.15) is 0 Å². The number of hydrogen-bond donors (Lipinski definition) is 1. The maximum absolute atomic E-state index is 6.28. The number of aryl methyl sites for hydroxylation is 1. The molecule has 1 unspecified atom stereocenters. The summed E-state index contributed by atoms with van der Waals surface area (Å²) in [6.07, 6.45) is 0.916. The lowest BCUT2D eigenvalue weighted by molar-refractivity contribution is 0.590. The first-order valence-corrected chi connectivity index (χ1v) is 5.50. The summed E-state index contributed by atoms with van der Waals surface area (Å²) in [4.78, 5) is 0. The molecule has 0 fully saturated rings. The first kappa shape index (κ1) is 12.3. The summed E-state index contributed by atoms with van der Waals surface area (Å²) in [5.41, 5.74) is 3.44. The highest BCUT2D eigenvalue weighted by molar-refractivity contribution is 6.32. The van der Waals surface area contributed by atoms with Crippen molar-refractivity contribution < 1.29 is 0 Å². The quantitative estimate of drug-likeness (QED) is 0.764. The summed E-state index contributed by atoms with van der Waals surface area (Å²) in [5.74, 6) is 0. The SMILES string of the molecule is C=C(C)CC(NC)c1cccc(C)c1Cl. The van der Waals surface area contributed by atoms with Crippen LogP contribution in [0.25, 0.3) is 0 Å². The predicted molar refractivity (Wildman–Crippen MR) is 67.4 cm³/mol. The normalized spacial score (nSPS) is 12.5. The second kappa shape index (κ2) is 5.34. The Morgan fingerprint density at radius 1 is 1.53 bits per heavy atom. The molecule has 0 bridgehead atoms. The molecule has 0 aliphatic carbocycles. The molecule has 0 aromatic heterocycles. The Morgan fingerprint density at radius 2 is 2.20 bits per heavy atom. The molecule has 1 aromatic rings. The summed E-state index contributed by atoms with van der Waals surface area (Å²) in [7, 11) is 1.95. The van der Waals surface area contributed by atoms with E-state index in [1.807, 2.05) is 33.0 Å². The Balaban J connectivity index is 3.01. The molecule has 2 heteroatoms. The van der Waals surface area contributed by atoms with E-state index in [1.54, 1.807) is 0 Å². The van der Waals surface area contributed by atoms with Gasteiger partial charge in [0, 0.05) is 11.1 Å². The van der Waals surface area contributed by atoms with Gasteiger partial charge in [0.1, 0.15) is 0 Å². The fraction of sp³-hybridized carbons (Fsp3) is 0.385. The standard InChI is InChI=1S/C13H18ClN/c1-9(2)8-12(15-4)11-7-5-6-10(3)13(11)14/h5-7,12,15H,1,8H2,2-4H3. The van der Waals surface area contributed by atoms with Crippen LogP contribution in [-0.2, 0) is 0 Å². The van der Waals surface area contributed by atoms with Crippen LogP contribution >= 0.6 is 11.6 Å².